The zero-order valence-corrected chi connectivity index (χ0v) is 11.8. The van der Waals surface area contributed by atoms with E-state index in [1.54, 1.807) is 0 Å². The topological polar surface area (TPSA) is 179 Å². The van der Waals surface area contributed by atoms with E-state index in [-0.39, 0.29) is 0 Å². The second kappa shape index (κ2) is 6.15. The number of Topliss-reactive ketones (excluding diaryl/α,β-unsaturated/α-hetero) is 4. The molecule has 2 rings (SSSR count). The third-order valence-electron chi connectivity index (χ3n) is 4.07. The van der Waals surface area contributed by atoms with Crippen LogP contribution in [-0.2, 0) is 23.9 Å². The molecule has 10 nitrogen and oxygen atoms in total. The molecule has 0 aromatic heterocycles. The van der Waals surface area contributed by atoms with Gasteiger partial charge in [-0.1, -0.05) is 0 Å². The highest BCUT2D eigenvalue weighted by atomic mass is 16.7. The first kappa shape index (κ1) is 17.8. The van der Waals surface area contributed by atoms with Gasteiger partial charge >= 0.3 is 0 Å². The predicted octanol–water partition coefficient (Wildman–Crippen LogP) is -4.16. The molecule has 1 saturated heterocycles. The zero-order valence-electron chi connectivity index (χ0n) is 11.8. The van der Waals surface area contributed by atoms with Crippen LogP contribution >= 0.6 is 0 Å². The van der Waals surface area contributed by atoms with E-state index in [9.17, 15) is 39.6 Å². The number of hydrogen-bond acceptors (Lipinski definition) is 10. The standard InChI is InChI=1S/C13H16O10/c14-3-7-10(19)11(20)12(21)13(22,23-7)2-4-5(15)1-6(16)9(18)8(4)17/h4,7,10-12,14,19-22H,1-3H2/t4?,7-,10+,11+,12-,13?/m1/s1. The highest BCUT2D eigenvalue weighted by molar-refractivity contribution is 6.69. The van der Waals surface area contributed by atoms with E-state index < -0.39 is 78.7 Å². The molecule has 6 atom stereocenters. The molecule has 1 saturated carbocycles. The minimum atomic E-state index is -2.66. The van der Waals surface area contributed by atoms with Gasteiger partial charge < -0.3 is 30.3 Å². The third kappa shape index (κ3) is 2.96. The van der Waals surface area contributed by atoms with E-state index in [4.69, 9.17) is 9.84 Å². The largest absolute Gasteiger partial charge is 0.394 e. The van der Waals surface area contributed by atoms with Crippen LogP contribution in [0.25, 0.3) is 0 Å². The van der Waals surface area contributed by atoms with Crippen LogP contribution in [0.3, 0.4) is 0 Å². The minimum absolute atomic E-state index is 0.810. The smallest absolute Gasteiger partial charge is 0.265 e. The van der Waals surface area contributed by atoms with E-state index in [1.807, 2.05) is 0 Å². The Morgan fingerprint density at radius 2 is 1.70 bits per heavy atom. The van der Waals surface area contributed by atoms with Crippen molar-refractivity contribution < 1.29 is 49.4 Å². The molecule has 2 unspecified atom stereocenters. The third-order valence-corrected chi connectivity index (χ3v) is 4.07. The second-order valence-corrected chi connectivity index (χ2v) is 5.63. The lowest BCUT2D eigenvalue weighted by atomic mass is 9.78. The fourth-order valence-corrected chi connectivity index (χ4v) is 2.69. The van der Waals surface area contributed by atoms with Gasteiger partial charge in [0.05, 0.1) is 18.9 Å². The number of aliphatic hydroxyl groups is 5. The molecular formula is C13H16O10. The maximum atomic E-state index is 11.8. The summed E-state index contributed by atoms with van der Waals surface area (Å²) in [7, 11) is 0. The lowest BCUT2D eigenvalue weighted by Gasteiger charge is -2.46. The van der Waals surface area contributed by atoms with Gasteiger partial charge in [0.2, 0.25) is 11.6 Å². The predicted molar refractivity (Wildman–Crippen MR) is 67.7 cm³/mol. The van der Waals surface area contributed by atoms with Crippen molar-refractivity contribution in [3.05, 3.63) is 0 Å². The van der Waals surface area contributed by atoms with Gasteiger partial charge in [0.15, 0.2) is 11.6 Å². The van der Waals surface area contributed by atoms with Gasteiger partial charge in [-0.05, 0) is 0 Å². The molecule has 0 amide bonds. The Morgan fingerprint density at radius 1 is 1.09 bits per heavy atom. The minimum Gasteiger partial charge on any atom is -0.394 e. The highest BCUT2D eigenvalue weighted by Crippen LogP contribution is 2.34. The molecular weight excluding hydrogens is 316 g/mol. The van der Waals surface area contributed by atoms with Crippen molar-refractivity contribution in [2.75, 3.05) is 6.61 Å². The summed E-state index contributed by atoms with van der Waals surface area (Å²) in [6, 6.07) is 0. The molecule has 0 bridgehead atoms. The van der Waals surface area contributed by atoms with Crippen molar-refractivity contribution in [2.45, 2.75) is 43.0 Å². The van der Waals surface area contributed by atoms with Crippen LogP contribution in [0.5, 0.6) is 0 Å². The van der Waals surface area contributed by atoms with Gasteiger partial charge in [0, 0.05) is 6.42 Å². The Bertz CT molecular complexity index is 555. The zero-order chi connectivity index (χ0) is 17.5. The fourth-order valence-electron chi connectivity index (χ4n) is 2.69. The lowest BCUT2D eigenvalue weighted by molar-refractivity contribution is -0.352. The van der Waals surface area contributed by atoms with Crippen molar-refractivity contribution in [3.63, 3.8) is 0 Å². The Kier molecular flexibility index (Phi) is 4.76. The van der Waals surface area contributed by atoms with E-state index in [0.29, 0.717) is 0 Å². The van der Waals surface area contributed by atoms with E-state index >= 15 is 0 Å². The second-order valence-electron chi connectivity index (χ2n) is 5.63. The number of ether oxygens (including phenoxy) is 1. The number of ketones is 4. The fraction of sp³-hybridized carbons (Fsp3) is 0.692. The molecule has 2 fully saturated rings. The van der Waals surface area contributed by atoms with Crippen LogP contribution in [0.1, 0.15) is 12.8 Å². The highest BCUT2D eigenvalue weighted by Gasteiger charge is 2.56. The van der Waals surface area contributed by atoms with Crippen LogP contribution in [0.15, 0.2) is 0 Å². The van der Waals surface area contributed by atoms with E-state index in [0.717, 1.165) is 0 Å². The average Bonchev–Trinajstić information content (AvgIpc) is 2.51. The molecule has 0 spiro atoms. The number of aliphatic hydroxyl groups excluding tert-OH is 4. The van der Waals surface area contributed by atoms with Gasteiger partial charge in [0.1, 0.15) is 24.4 Å². The molecule has 5 N–H and O–H groups in total. The van der Waals surface area contributed by atoms with Crippen molar-refractivity contribution >= 4 is 23.1 Å². The molecule has 0 radical (unpaired) electrons. The number of carbonyl (C=O) groups excluding carboxylic acids is 4. The summed E-state index contributed by atoms with van der Waals surface area (Å²) in [5.74, 6) is -9.19. The van der Waals surface area contributed by atoms with Gasteiger partial charge in [0.25, 0.3) is 5.78 Å². The maximum absolute atomic E-state index is 11.8. The molecule has 10 heteroatoms. The normalized spacial score (nSPS) is 42.2. The molecule has 23 heavy (non-hydrogen) atoms. The Labute approximate surface area is 129 Å². The molecule has 1 aliphatic heterocycles. The molecule has 0 aromatic rings. The summed E-state index contributed by atoms with van der Waals surface area (Å²) >= 11 is 0. The first-order valence-corrected chi connectivity index (χ1v) is 6.81. The monoisotopic (exact) mass is 332 g/mol. The van der Waals surface area contributed by atoms with Crippen LogP contribution in [0.4, 0.5) is 0 Å². The van der Waals surface area contributed by atoms with Crippen molar-refractivity contribution in [1.29, 1.82) is 0 Å². The van der Waals surface area contributed by atoms with Gasteiger partial charge in [-0.15, -0.1) is 0 Å². The van der Waals surface area contributed by atoms with Crippen molar-refractivity contribution in [3.8, 4) is 0 Å². The van der Waals surface area contributed by atoms with Crippen LogP contribution < -0.4 is 0 Å². The first-order valence-electron chi connectivity index (χ1n) is 6.81. The summed E-state index contributed by atoms with van der Waals surface area (Å²) < 4.78 is 4.92. The SMILES string of the molecule is O=C1CC(=O)C(CC2(O)O[C@H](CO)[C@H](O)[C@H](O)[C@H]2O)C(=O)C1=O. The van der Waals surface area contributed by atoms with Crippen molar-refractivity contribution in [1.82, 2.24) is 0 Å². The average molecular weight is 332 g/mol. The van der Waals surface area contributed by atoms with Crippen molar-refractivity contribution in [2.24, 2.45) is 5.92 Å². The van der Waals surface area contributed by atoms with E-state index in [1.165, 1.54) is 0 Å². The summed E-state index contributed by atoms with van der Waals surface area (Å²) in [6.07, 6.45) is -8.92. The Balaban J connectivity index is 2.26. The van der Waals surface area contributed by atoms with Crippen LogP contribution in [0.2, 0.25) is 0 Å². The number of rotatable bonds is 3. The van der Waals surface area contributed by atoms with Gasteiger partial charge in [-0.3, -0.25) is 19.2 Å². The molecule has 0 aromatic carbocycles. The van der Waals surface area contributed by atoms with Gasteiger partial charge in [-0.25, -0.2) is 0 Å². The summed E-state index contributed by atoms with van der Waals surface area (Å²) in [6.45, 7) is -0.822. The Morgan fingerprint density at radius 3 is 2.26 bits per heavy atom. The first-order chi connectivity index (χ1) is 10.6. The molecule has 1 aliphatic carbocycles. The molecule has 1 heterocycles. The number of carbonyl (C=O) groups is 4. The Hall–Kier alpha value is -1.56. The summed E-state index contributed by atoms with van der Waals surface area (Å²) in [5.41, 5.74) is 0. The lowest BCUT2D eigenvalue weighted by Crippen LogP contribution is -2.66. The van der Waals surface area contributed by atoms with Crippen LogP contribution in [-0.4, -0.2) is 85.5 Å². The van der Waals surface area contributed by atoms with Gasteiger partial charge in [-0.2, -0.15) is 0 Å². The molecule has 128 valence electrons. The maximum Gasteiger partial charge on any atom is 0.265 e. The number of hydrogen-bond donors (Lipinski definition) is 5. The quantitative estimate of drug-likeness (QED) is 0.251. The molecule has 2 aliphatic rings. The summed E-state index contributed by atoms with van der Waals surface area (Å²) in [4.78, 5) is 46.1. The summed E-state index contributed by atoms with van der Waals surface area (Å²) in [5, 5.41) is 48.5. The van der Waals surface area contributed by atoms with Crippen LogP contribution in [0, 0.1) is 5.92 Å². The van der Waals surface area contributed by atoms with E-state index in [2.05, 4.69) is 0 Å².